The molecule has 0 aliphatic carbocycles. The number of nitrogens with one attached hydrogen (secondary N) is 1. The smallest absolute Gasteiger partial charge is 0.550 e. The van der Waals surface area contributed by atoms with Gasteiger partial charge in [-0.25, -0.2) is 53.0 Å². The number of amidine groups is 3. The molecular weight excluding hydrogens is 1490 g/mol. The van der Waals surface area contributed by atoms with Gasteiger partial charge in [-0.1, -0.05) is 26.2 Å². The number of ketones is 2. The zero-order chi connectivity index (χ0) is 66.2. The number of rotatable bonds is 13. The number of carbonyl (C=O) groups is 5. The molecule has 0 bridgehead atoms. The SMILES string of the molecule is CC(=O)OOC(C)=O.CC(=O)[O-].COc1nc(/C(N)=N/O)ccc1Br.COc1nc(/C(N)=N/OCC(=O)c2cc3cc(F)ccc3o2)ccc1Br.COc1nc(C2=NC(c3cc4cc(F)ccc4o3)CON2)ccc1Br.O=C(CBr)c1cc2cc(F)ccc2o1.[B].[Na+]. The maximum Gasteiger partial charge on any atom is 1.00 e. The number of methoxy groups -OCH3 is 3. The van der Waals surface area contributed by atoms with Gasteiger partial charge in [-0.05, 0) is 164 Å². The van der Waals surface area contributed by atoms with Crippen molar-refractivity contribution in [2.45, 2.75) is 26.8 Å². The molecule has 0 spiro atoms. The molecule has 0 amide bonds. The van der Waals surface area contributed by atoms with Gasteiger partial charge in [0.15, 0.2) is 35.6 Å². The second kappa shape index (κ2) is 38.5. The monoisotopic (exact) mass is 1540 g/mol. The fourth-order valence-electron chi connectivity index (χ4n) is 6.80. The van der Waals surface area contributed by atoms with Crippen LogP contribution in [0.25, 0.3) is 32.9 Å². The van der Waals surface area contributed by atoms with E-state index in [1.54, 1.807) is 55.6 Å². The van der Waals surface area contributed by atoms with Crippen LogP contribution < -0.4 is 65.8 Å². The minimum atomic E-state index is -1.08. The number of furan rings is 3. The van der Waals surface area contributed by atoms with Crippen molar-refractivity contribution in [2.75, 3.05) is 39.9 Å². The number of benzene rings is 3. The second-order valence-electron chi connectivity index (χ2n) is 17.2. The molecule has 35 heteroatoms. The molecule has 9 aromatic rings. The predicted molar refractivity (Wildman–Crippen MR) is 334 cm³/mol. The van der Waals surface area contributed by atoms with E-state index < -0.39 is 36.1 Å². The molecule has 3 aromatic carbocycles. The van der Waals surface area contributed by atoms with Crippen molar-refractivity contribution in [1.82, 2.24) is 20.4 Å². The summed E-state index contributed by atoms with van der Waals surface area (Å²) in [6.45, 7) is 3.15. The van der Waals surface area contributed by atoms with E-state index in [9.17, 15) is 32.3 Å². The zero-order valence-electron chi connectivity index (χ0n) is 49.1. The number of hydroxylamine groups is 1. The summed E-state index contributed by atoms with van der Waals surface area (Å²) in [5.41, 5.74) is 16.7. The van der Waals surface area contributed by atoms with Crippen LogP contribution in [0.2, 0.25) is 0 Å². The molecule has 3 radical (unpaired) electrons. The number of hydrogen-bond acceptors (Lipinski definition) is 24. The quantitative estimate of drug-likeness (QED) is 0.0139. The Morgan fingerprint density at radius 3 is 1.51 bits per heavy atom. The van der Waals surface area contributed by atoms with Crippen LogP contribution in [0.4, 0.5) is 13.2 Å². The fourth-order valence-corrected chi connectivity index (χ4v) is 8.23. The maximum absolute atomic E-state index is 13.3. The van der Waals surface area contributed by atoms with Crippen LogP contribution in [0.1, 0.15) is 70.8 Å². The van der Waals surface area contributed by atoms with Crippen LogP contribution in [0.5, 0.6) is 17.6 Å². The van der Waals surface area contributed by atoms with Crippen molar-refractivity contribution in [3.05, 3.63) is 174 Å². The number of Topliss-reactive ketones (excluding diaryl/α,β-unsaturated/α-hetero) is 2. The third-order valence-corrected chi connectivity index (χ3v) is 13.0. The summed E-state index contributed by atoms with van der Waals surface area (Å²) in [4.78, 5) is 87.0. The first-order chi connectivity index (χ1) is 42.9. The van der Waals surface area contributed by atoms with E-state index in [0.29, 0.717) is 94.8 Å². The predicted octanol–water partition coefficient (Wildman–Crippen LogP) is 6.52. The number of alkyl halides is 1. The van der Waals surface area contributed by atoms with Gasteiger partial charge in [0.25, 0.3) is 0 Å². The van der Waals surface area contributed by atoms with E-state index in [4.69, 9.17) is 63.7 Å². The number of carbonyl (C=O) groups excluding carboxylic acids is 5. The number of carboxylic acid groups (broad SMARTS) is 1. The van der Waals surface area contributed by atoms with Gasteiger partial charge in [0.05, 0.1) is 40.1 Å². The average Bonchev–Trinajstić information content (AvgIpc) is 2.32. The standard InChI is InChI=1S/C17H13BrFN3O4.C17H13BrFN3O3.C10H6BrFO2.C7H8BrN3O2.C4H6O4.C2H4O2.B.Na/c1-24-17-11(18)3-4-12(21-17)16(20)22-25-8-13(23)15-7-9-6-10(19)2-5-14(9)26-15;1-23-17-11(18)3-4-12(21-17)16-20-13(8-24-22-16)15-7-9-6-10(19)2-5-14(9)25-15;11-5-8(13)10-4-6-3-7(12)1-2-9(6)14-10;1-13-7-4(8)2-3-5(10-7)6(9)11-12;1-3(5)7-8-4(2)6;1-2(3)4;;/h2-7H,8H2,1H3,(H2,20,22);2-7,13H,8H2,1H3,(H,20,22);1-4H,5H2;2-3,12H,1H3,(H2,9,11);1-2H3;1H3,(H,3,4);;/q;;;;;;;+1/p-1. The van der Waals surface area contributed by atoms with Crippen LogP contribution in [-0.2, 0) is 33.8 Å². The molecule has 0 saturated heterocycles. The second-order valence-corrected chi connectivity index (χ2v) is 20.4. The molecule has 1 aliphatic heterocycles. The minimum absolute atomic E-state index is 0. The summed E-state index contributed by atoms with van der Waals surface area (Å²) in [6, 6.07) is 27.2. The minimum Gasteiger partial charge on any atom is -0.550 e. The van der Waals surface area contributed by atoms with Crippen LogP contribution in [-0.4, -0.2) is 115 Å². The number of hydrogen-bond donors (Lipinski definition) is 4. The number of nitrogens with zero attached hydrogens (tertiary/aromatic N) is 6. The van der Waals surface area contributed by atoms with Crippen LogP contribution >= 0.6 is 63.7 Å². The molecule has 6 aromatic heterocycles. The first kappa shape index (κ1) is 77.9. The number of oxime groups is 2. The van der Waals surface area contributed by atoms with Gasteiger partial charge in [-0.2, -0.15) is 0 Å². The summed E-state index contributed by atoms with van der Waals surface area (Å²) >= 11 is 12.9. The van der Waals surface area contributed by atoms with E-state index in [2.05, 4.69) is 109 Å². The van der Waals surface area contributed by atoms with Crippen molar-refractivity contribution in [2.24, 2.45) is 26.8 Å². The Labute approximate surface area is 577 Å². The maximum atomic E-state index is 13.3. The number of carboxylic acids is 1. The summed E-state index contributed by atoms with van der Waals surface area (Å²) in [5.74, 6) is -1.56. The summed E-state index contributed by atoms with van der Waals surface area (Å²) in [7, 11) is 4.50. The molecule has 92 heavy (non-hydrogen) atoms. The van der Waals surface area contributed by atoms with Crippen LogP contribution in [0.3, 0.4) is 0 Å². The van der Waals surface area contributed by atoms with Crippen molar-refractivity contribution >= 4 is 152 Å². The number of fused-ring (bicyclic) bond motifs is 3. The molecule has 26 nitrogen and oxygen atoms in total. The molecule has 10 rings (SSSR count). The molecule has 7 heterocycles. The van der Waals surface area contributed by atoms with E-state index in [1.165, 1.54) is 68.8 Å². The van der Waals surface area contributed by atoms with Crippen molar-refractivity contribution in [3.8, 4) is 17.6 Å². The average molecular weight is 1540 g/mol. The number of pyridine rings is 3. The summed E-state index contributed by atoms with van der Waals surface area (Å²) in [5, 5.41) is 25.8. The van der Waals surface area contributed by atoms with Gasteiger partial charge in [0, 0.05) is 44.4 Å². The van der Waals surface area contributed by atoms with Gasteiger partial charge in [0.1, 0.15) is 69.7 Å². The van der Waals surface area contributed by atoms with E-state index in [1.807, 2.05) is 6.07 Å². The van der Waals surface area contributed by atoms with Crippen molar-refractivity contribution < 1.29 is 124 Å². The van der Waals surface area contributed by atoms with Gasteiger partial charge < -0.3 is 58.9 Å². The van der Waals surface area contributed by atoms with Gasteiger partial charge in [-0.3, -0.25) is 19.4 Å². The number of ether oxygens (including phenoxy) is 3. The molecule has 0 saturated carbocycles. The Bertz CT molecular complexity index is 4110. The van der Waals surface area contributed by atoms with Gasteiger partial charge in [0.2, 0.25) is 29.2 Å². The largest absolute Gasteiger partial charge is 1.00 e. The van der Waals surface area contributed by atoms with E-state index in [0.717, 1.165) is 25.2 Å². The Hall–Kier alpha value is -8.38. The first-order valence-electron chi connectivity index (χ1n) is 25.1. The number of nitrogens with two attached hydrogens (primary N) is 2. The summed E-state index contributed by atoms with van der Waals surface area (Å²) < 4.78 is 73.0. The Balaban J connectivity index is 0.000000309. The first-order valence-corrected chi connectivity index (χ1v) is 28.6. The van der Waals surface area contributed by atoms with E-state index >= 15 is 0 Å². The van der Waals surface area contributed by atoms with Crippen molar-refractivity contribution in [3.63, 3.8) is 0 Å². The molecule has 1 atom stereocenters. The Kier molecular flexibility index (Phi) is 32.6. The molecular formula is C57H49BBr4F3N9NaO17. The third kappa shape index (κ3) is 24.0. The van der Waals surface area contributed by atoms with Crippen LogP contribution in [0, 0.1) is 17.5 Å². The fraction of sp³-hybridized carbons (Fsp3) is 0.175. The number of aliphatic carboxylic acids is 1. The Morgan fingerprint density at radius 1 is 0.641 bits per heavy atom. The number of aromatic nitrogens is 3. The van der Waals surface area contributed by atoms with Crippen molar-refractivity contribution in [1.29, 1.82) is 0 Å². The summed E-state index contributed by atoms with van der Waals surface area (Å²) in [6.07, 6.45) is 0. The topological polar surface area (TPSA) is 372 Å². The molecule has 0 fully saturated rings. The van der Waals surface area contributed by atoms with Gasteiger partial charge in [-0.15, -0.1) is 0 Å². The molecule has 1 unspecified atom stereocenters. The van der Waals surface area contributed by atoms with E-state index in [-0.39, 0.29) is 90.0 Å². The Morgan fingerprint density at radius 2 is 1.07 bits per heavy atom. The zero-order valence-corrected chi connectivity index (χ0v) is 57.5. The normalized spacial score (nSPS) is 12.1. The van der Waals surface area contributed by atoms with Crippen LogP contribution in [0.15, 0.2) is 151 Å². The third-order valence-electron chi connectivity index (χ3n) is 10.7. The molecule has 6 N–H and O–H groups in total. The number of aliphatic imine (C=N–C) groups is 1. The molecule has 1 aliphatic rings. The van der Waals surface area contributed by atoms with Gasteiger partial charge >= 0.3 is 41.5 Å². The number of halogens is 7. The molecule has 477 valence electrons.